The summed E-state index contributed by atoms with van der Waals surface area (Å²) in [4.78, 5) is 0. The lowest BCUT2D eigenvalue weighted by molar-refractivity contribution is 2.09. The van der Waals surface area contributed by atoms with Crippen molar-refractivity contribution in [2.45, 2.75) is 13.1 Å². The molecule has 0 aliphatic rings. The molecule has 0 atom stereocenters. The van der Waals surface area contributed by atoms with Crippen molar-refractivity contribution in [1.82, 2.24) is 0 Å². The monoisotopic (exact) mass is 116 g/mol. The van der Waals surface area contributed by atoms with E-state index in [0.29, 0.717) is 0 Å². The van der Waals surface area contributed by atoms with E-state index in [9.17, 15) is 0 Å². The summed E-state index contributed by atoms with van der Waals surface area (Å²) in [6.45, 7) is 8.46. The highest BCUT2D eigenvalue weighted by atomic mass is 29.2. The van der Waals surface area contributed by atoms with E-state index >= 15 is 0 Å². The Morgan fingerprint density at radius 1 is 1.67 bits per heavy atom. The third kappa shape index (κ3) is 4.17. The van der Waals surface area contributed by atoms with Crippen LogP contribution in [-0.2, 0) is 0 Å². The van der Waals surface area contributed by atoms with Gasteiger partial charge in [0.25, 0.3) is 0 Å². The lowest BCUT2D eigenvalue weighted by atomic mass is 11.3. The van der Waals surface area contributed by atoms with Crippen molar-refractivity contribution in [2.75, 3.05) is 0 Å². The van der Waals surface area contributed by atoms with Crippen molar-refractivity contribution < 1.29 is 0 Å². The first-order valence-electron chi connectivity index (χ1n) is 2.38. The van der Waals surface area contributed by atoms with Gasteiger partial charge in [-0.05, 0) is 0 Å². The number of hydrogen-bond donors (Lipinski definition) is 0. The maximum atomic E-state index is 3.70. The van der Waals surface area contributed by atoms with Crippen LogP contribution in [-0.4, -0.2) is 17.4 Å². The highest BCUT2D eigenvalue weighted by Gasteiger charge is 1.86. The van der Waals surface area contributed by atoms with Gasteiger partial charge in [-0.1, -0.05) is 13.1 Å². The summed E-state index contributed by atoms with van der Waals surface area (Å²) >= 11 is 0. The molecule has 2 heteroatoms. The first kappa shape index (κ1) is 6.17. The maximum absolute atomic E-state index is 3.70. The Bertz CT molecular complexity index is 40.8. The fourth-order valence-corrected chi connectivity index (χ4v) is 3.00. The third-order valence-corrected chi connectivity index (χ3v) is 5.74. The molecule has 0 radical (unpaired) electrons. The first-order chi connectivity index (χ1) is 2.77. The van der Waals surface area contributed by atoms with Crippen LogP contribution in [0.1, 0.15) is 0 Å². The molecule has 0 aromatic carbocycles. The molecule has 6 heavy (non-hydrogen) atoms. The first-order valence-corrected chi connectivity index (χ1v) is 8.77. The minimum absolute atomic E-state index is 0.150. The highest BCUT2D eigenvalue weighted by Crippen LogP contribution is 1.72. The quantitative estimate of drug-likeness (QED) is 0.455. The molecule has 0 nitrogen and oxygen atoms in total. The molecule has 0 bridgehead atoms. The van der Waals surface area contributed by atoms with E-state index in [-0.39, 0.29) is 17.4 Å². The van der Waals surface area contributed by atoms with Crippen molar-refractivity contribution in [3.63, 3.8) is 0 Å². The van der Waals surface area contributed by atoms with E-state index in [1.54, 1.807) is 0 Å². The molecule has 0 aliphatic heterocycles. The molecule has 0 fully saturated rings. The molecule has 0 aromatic heterocycles. The van der Waals surface area contributed by atoms with Gasteiger partial charge in [0.1, 0.15) is 0 Å². The van der Waals surface area contributed by atoms with Gasteiger partial charge >= 0.3 is 0 Å². The third-order valence-electron chi connectivity index (χ3n) is 0.638. The zero-order chi connectivity index (χ0) is 4.99. The topological polar surface area (TPSA) is 0 Å². The van der Waals surface area contributed by atoms with Gasteiger partial charge in [-0.25, -0.2) is 0 Å². The van der Waals surface area contributed by atoms with Gasteiger partial charge in [0.15, 0.2) is 0 Å². The molecule has 0 spiro atoms. The molecule has 0 saturated heterocycles. The van der Waals surface area contributed by atoms with E-state index in [0.717, 1.165) is 0 Å². The molecular weight excluding hydrogens is 104 g/mol. The largest absolute Gasteiger partial charge is 0.111 e. The van der Waals surface area contributed by atoms with Crippen LogP contribution in [0.2, 0.25) is 13.1 Å². The Balaban J connectivity index is 2.81. The lowest BCUT2D eigenvalue weighted by Crippen LogP contribution is -2.08. The van der Waals surface area contributed by atoms with Crippen molar-refractivity contribution in [3.05, 3.63) is 12.3 Å². The average Bonchev–Trinajstić information content (AvgIpc) is 1.35. The van der Waals surface area contributed by atoms with Crippen LogP contribution < -0.4 is 0 Å². The standard InChI is InChI=1S/C4H12Si2/c1-4-5-6(2)3/h4,6H,1,5H2,2-3H3. The van der Waals surface area contributed by atoms with Gasteiger partial charge < -0.3 is 0 Å². The number of rotatable bonds is 2. The summed E-state index contributed by atoms with van der Waals surface area (Å²) in [6.07, 6.45) is 0. The van der Waals surface area contributed by atoms with E-state index < -0.39 is 0 Å². The number of hydrogen-bond acceptors (Lipinski definition) is 0. The van der Waals surface area contributed by atoms with E-state index in [4.69, 9.17) is 0 Å². The second-order valence-corrected chi connectivity index (χ2v) is 12.1. The van der Waals surface area contributed by atoms with Crippen LogP contribution in [0.3, 0.4) is 0 Å². The van der Waals surface area contributed by atoms with Crippen LogP contribution in [0.4, 0.5) is 0 Å². The summed E-state index contributed by atoms with van der Waals surface area (Å²) < 4.78 is 0. The zero-order valence-electron chi connectivity index (χ0n) is 4.57. The second kappa shape index (κ2) is 3.37. The maximum Gasteiger partial charge on any atom is 0.0356 e. The van der Waals surface area contributed by atoms with E-state index in [1.165, 1.54) is 0 Å². The van der Waals surface area contributed by atoms with Gasteiger partial charge in [0.05, 0.1) is 0 Å². The SMILES string of the molecule is C=C[SiH2][SiH](C)C. The van der Waals surface area contributed by atoms with Gasteiger partial charge in [0, 0.05) is 17.4 Å². The predicted molar refractivity (Wildman–Crippen MR) is 37.6 cm³/mol. The Labute approximate surface area is 43.5 Å². The summed E-state index contributed by atoms with van der Waals surface area (Å²) in [5.41, 5.74) is 2.15. The van der Waals surface area contributed by atoms with Crippen molar-refractivity contribution in [2.24, 2.45) is 0 Å². The predicted octanol–water partition coefficient (Wildman–Crippen LogP) is 0.282. The highest BCUT2D eigenvalue weighted by molar-refractivity contribution is 7.13. The molecule has 0 N–H and O–H groups in total. The van der Waals surface area contributed by atoms with Crippen LogP contribution in [0.25, 0.3) is 0 Å². The molecule has 0 saturated carbocycles. The summed E-state index contributed by atoms with van der Waals surface area (Å²) in [7, 11) is 0.110. The molecule has 0 aromatic rings. The van der Waals surface area contributed by atoms with Crippen molar-refractivity contribution in [1.29, 1.82) is 0 Å². The summed E-state index contributed by atoms with van der Waals surface area (Å²) in [5, 5.41) is 0. The Morgan fingerprint density at radius 2 is 2.17 bits per heavy atom. The molecule has 0 rings (SSSR count). The Hall–Kier alpha value is 0.174. The summed E-state index contributed by atoms with van der Waals surface area (Å²) in [6, 6.07) is 0. The van der Waals surface area contributed by atoms with Crippen molar-refractivity contribution in [3.8, 4) is 0 Å². The smallest absolute Gasteiger partial charge is 0.0356 e. The average molecular weight is 116 g/mol. The van der Waals surface area contributed by atoms with Crippen LogP contribution >= 0.6 is 0 Å². The fraction of sp³-hybridized carbons (Fsp3) is 0.500. The van der Waals surface area contributed by atoms with Crippen LogP contribution in [0, 0.1) is 0 Å². The van der Waals surface area contributed by atoms with Crippen molar-refractivity contribution >= 4 is 17.4 Å². The van der Waals surface area contributed by atoms with Crippen LogP contribution in [0.5, 0.6) is 0 Å². The molecule has 0 aliphatic carbocycles. The molecule has 0 unspecified atom stereocenters. The van der Waals surface area contributed by atoms with Gasteiger partial charge in [0.2, 0.25) is 0 Å². The second-order valence-electron chi connectivity index (χ2n) is 1.92. The van der Waals surface area contributed by atoms with Gasteiger partial charge in [-0.2, -0.15) is 0 Å². The Kier molecular flexibility index (Phi) is 3.46. The fourth-order valence-electron chi connectivity index (χ4n) is 0.333. The molecular formula is C4H12Si2. The normalized spacial score (nSPS) is 11.2. The van der Waals surface area contributed by atoms with Crippen LogP contribution in [0.15, 0.2) is 12.3 Å². The van der Waals surface area contributed by atoms with Gasteiger partial charge in [-0.15, -0.1) is 12.3 Å². The van der Waals surface area contributed by atoms with Gasteiger partial charge in [-0.3, -0.25) is 0 Å². The molecule has 0 heterocycles. The minimum atomic E-state index is -0.150. The minimum Gasteiger partial charge on any atom is -0.111 e. The molecule has 36 valence electrons. The Morgan fingerprint density at radius 3 is 2.17 bits per heavy atom. The lowest BCUT2D eigenvalue weighted by Gasteiger charge is -1.88. The zero-order valence-corrected chi connectivity index (χ0v) is 7.14. The van der Waals surface area contributed by atoms with E-state index in [2.05, 4.69) is 25.4 Å². The summed E-state index contributed by atoms with van der Waals surface area (Å²) in [5.74, 6) is 0. The molecule has 0 amide bonds. The van der Waals surface area contributed by atoms with E-state index in [1.807, 2.05) is 0 Å².